The third-order valence-electron chi connectivity index (χ3n) is 3.85. The Labute approximate surface area is 181 Å². The number of amides is 1. The molecule has 0 radical (unpaired) electrons. The molecule has 152 valence electrons. The van der Waals surface area contributed by atoms with Crippen molar-refractivity contribution >= 4 is 35.8 Å². The maximum atomic E-state index is 12.9. The minimum absolute atomic E-state index is 0. The predicted octanol–water partition coefficient (Wildman–Crippen LogP) is 2.26. The molecule has 6 nitrogen and oxygen atoms in total. The zero-order valence-corrected chi connectivity index (χ0v) is 18.1. The maximum absolute atomic E-state index is 12.9. The summed E-state index contributed by atoms with van der Waals surface area (Å²) in [7, 11) is 1.72. The number of carbonyl (C=O) groups is 1. The van der Waals surface area contributed by atoms with Gasteiger partial charge in [-0.15, -0.1) is 24.0 Å². The summed E-state index contributed by atoms with van der Waals surface area (Å²) in [6.45, 7) is 1.30. The standard InChI is InChI=1S/C20H25FN4O2.HI/c1-23-20(24-12-10-15-2-6-17(21)7-3-15)25-13-11-16-4-8-18(9-5-16)27-14-19(22)26;/h2-9H,10-14H2,1H3,(H2,22,26)(H2,23,24,25);1H. The highest BCUT2D eigenvalue weighted by molar-refractivity contribution is 14.0. The second kappa shape index (κ2) is 12.9. The molecule has 0 atom stereocenters. The number of rotatable bonds is 9. The van der Waals surface area contributed by atoms with Gasteiger partial charge in [0.15, 0.2) is 12.6 Å². The molecular weight excluding hydrogens is 474 g/mol. The highest BCUT2D eigenvalue weighted by atomic mass is 127. The molecule has 0 fully saturated rings. The number of aliphatic imine (C=N–C) groups is 1. The van der Waals surface area contributed by atoms with Crippen molar-refractivity contribution in [3.05, 3.63) is 65.5 Å². The summed E-state index contributed by atoms with van der Waals surface area (Å²) in [5, 5.41) is 6.49. The summed E-state index contributed by atoms with van der Waals surface area (Å²) in [6.07, 6.45) is 1.60. The summed E-state index contributed by atoms with van der Waals surface area (Å²) >= 11 is 0. The van der Waals surface area contributed by atoms with Gasteiger partial charge in [-0.2, -0.15) is 0 Å². The monoisotopic (exact) mass is 500 g/mol. The number of ether oxygens (including phenoxy) is 1. The van der Waals surface area contributed by atoms with Crippen LogP contribution in [0.1, 0.15) is 11.1 Å². The van der Waals surface area contributed by atoms with Crippen molar-refractivity contribution in [1.82, 2.24) is 10.6 Å². The first-order valence-electron chi connectivity index (χ1n) is 8.76. The summed E-state index contributed by atoms with van der Waals surface area (Å²) in [5.41, 5.74) is 7.25. The molecule has 0 unspecified atom stereocenters. The van der Waals surface area contributed by atoms with Crippen molar-refractivity contribution in [2.75, 3.05) is 26.7 Å². The van der Waals surface area contributed by atoms with E-state index in [4.69, 9.17) is 10.5 Å². The lowest BCUT2D eigenvalue weighted by atomic mass is 10.1. The summed E-state index contributed by atoms with van der Waals surface area (Å²) in [4.78, 5) is 14.9. The first kappa shape index (κ1) is 23.7. The van der Waals surface area contributed by atoms with Gasteiger partial charge < -0.3 is 21.1 Å². The van der Waals surface area contributed by atoms with Gasteiger partial charge >= 0.3 is 0 Å². The van der Waals surface area contributed by atoms with Crippen molar-refractivity contribution in [3.8, 4) is 5.75 Å². The van der Waals surface area contributed by atoms with Crippen LogP contribution in [0.2, 0.25) is 0 Å². The molecule has 0 aliphatic rings. The largest absolute Gasteiger partial charge is 0.484 e. The maximum Gasteiger partial charge on any atom is 0.255 e. The van der Waals surface area contributed by atoms with E-state index in [0.717, 1.165) is 36.5 Å². The number of nitrogens with two attached hydrogens (primary N) is 1. The van der Waals surface area contributed by atoms with Crippen LogP contribution < -0.4 is 21.1 Å². The number of hydrogen-bond donors (Lipinski definition) is 3. The van der Waals surface area contributed by atoms with E-state index in [9.17, 15) is 9.18 Å². The van der Waals surface area contributed by atoms with E-state index in [2.05, 4.69) is 15.6 Å². The van der Waals surface area contributed by atoms with E-state index >= 15 is 0 Å². The zero-order valence-electron chi connectivity index (χ0n) is 15.8. The quantitative estimate of drug-likeness (QED) is 0.280. The number of hydrogen-bond acceptors (Lipinski definition) is 3. The van der Waals surface area contributed by atoms with Gasteiger partial charge in [0.2, 0.25) is 0 Å². The summed E-state index contributed by atoms with van der Waals surface area (Å²) < 4.78 is 18.1. The van der Waals surface area contributed by atoms with Gasteiger partial charge in [0.05, 0.1) is 0 Å². The van der Waals surface area contributed by atoms with Crippen LogP contribution in [0.15, 0.2) is 53.5 Å². The van der Waals surface area contributed by atoms with Crippen molar-refractivity contribution < 1.29 is 13.9 Å². The van der Waals surface area contributed by atoms with Crippen LogP contribution in [-0.4, -0.2) is 38.6 Å². The minimum Gasteiger partial charge on any atom is -0.484 e. The average molecular weight is 500 g/mol. The van der Waals surface area contributed by atoms with E-state index in [1.807, 2.05) is 24.3 Å². The fraction of sp³-hybridized carbons (Fsp3) is 0.300. The number of primary amides is 1. The lowest BCUT2D eigenvalue weighted by Crippen LogP contribution is -2.39. The summed E-state index contributed by atoms with van der Waals surface area (Å²) in [5.74, 6) is 0.612. The van der Waals surface area contributed by atoms with Gasteiger partial charge in [-0.25, -0.2) is 4.39 Å². The number of guanidine groups is 1. The van der Waals surface area contributed by atoms with Crippen molar-refractivity contribution in [3.63, 3.8) is 0 Å². The third-order valence-corrected chi connectivity index (χ3v) is 3.85. The highest BCUT2D eigenvalue weighted by Crippen LogP contribution is 2.12. The van der Waals surface area contributed by atoms with Gasteiger partial charge in [-0.1, -0.05) is 24.3 Å². The van der Waals surface area contributed by atoms with Crippen LogP contribution in [0.5, 0.6) is 5.75 Å². The molecule has 2 rings (SSSR count). The van der Waals surface area contributed by atoms with Gasteiger partial charge in [-0.3, -0.25) is 9.79 Å². The van der Waals surface area contributed by atoms with Crippen molar-refractivity contribution in [1.29, 1.82) is 0 Å². The van der Waals surface area contributed by atoms with Crippen molar-refractivity contribution in [2.45, 2.75) is 12.8 Å². The summed E-state index contributed by atoms with van der Waals surface area (Å²) in [6, 6.07) is 14.0. The Balaban J connectivity index is 0.00000392. The minimum atomic E-state index is -0.499. The second-order valence-electron chi connectivity index (χ2n) is 5.95. The Hall–Kier alpha value is -2.36. The first-order chi connectivity index (χ1) is 13.1. The molecule has 2 aromatic rings. The Morgan fingerprint density at radius 1 is 1.00 bits per heavy atom. The molecule has 0 aliphatic heterocycles. The number of halogens is 2. The number of nitrogens with one attached hydrogen (secondary N) is 2. The van der Waals surface area contributed by atoms with Crippen LogP contribution >= 0.6 is 24.0 Å². The molecule has 0 saturated heterocycles. The van der Waals surface area contributed by atoms with E-state index in [1.165, 1.54) is 12.1 Å². The lowest BCUT2D eigenvalue weighted by Gasteiger charge is -2.12. The Morgan fingerprint density at radius 2 is 1.50 bits per heavy atom. The normalized spacial score (nSPS) is 10.7. The van der Waals surface area contributed by atoms with Gasteiger partial charge in [0.1, 0.15) is 11.6 Å². The van der Waals surface area contributed by atoms with E-state index < -0.39 is 5.91 Å². The van der Waals surface area contributed by atoms with Crippen LogP contribution in [0.25, 0.3) is 0 Å². The molecule has 0 spiro atoms. The third kappa shape index (κ3) is 9.03. The van der Waals surface area contributed by atoms with Gasteiger partial charge in [-0.05, 0) is 48.2 Å². The second-order valence-corrected chi connectivity index (χ2v) is 5.95. The van der Waals surface area contributed by atoms with Crippen LogP contribution in [0.3, 0.4) is 0 Å². The van der Waals surface area contributed by atoms with Crippen LogP contribution in [0, 0.1) is 5.82 Å². The predicted molar refractivity (Wildman–Crippen MR) is 120 cm³/mol. The molecule has 0 saturated carbocycles. The number of nitrogens with zero attached hydrogens (tertiary/aromatic N) is 1. The van der Waals surface area contributed by atoms with Gasteiger partial charge in [0.25, 0.3) is 5.91 Å². The van der Waals surface area contributed by atoms with Crippen LogP contribution in [-0.2, 0) is 17.6 Å². The number of benzene rings is 2. The Kier molecular flexibility index (Phi) is 10.9. The van der Waals surface area contributed by atoms with E-state index in [1.54, 1.807) is 19.2 Å². The topological polar surface area (TPSA) is 88.7 Å². The molecule has 0 heterocycles. The number of carbonyl (C=O) groups excluding carboxylic acids is 1. The Bertz CT molecular complexity index is 752. The van der Waals surface area contributed by atoms with Crippen molar-refractivity contribution in [2.24, 2.45) is 10.7 Å². The Morgan fingerprint density at radius 3 is 1.96 bits per heavy atom. The van der Waals surface area contributed by atoms with Crippen LogP contribution in [0.4, 0.5) is 4.39 Å². The molecule has 28 heavy (non-hydrogen) atoms. The molecule has 4 N–H and O–H groups in total. The van der Waals surface area contributed by atoms with E-state index in [0.29, 0.717) is 12.3 Å². The SMILES string of the molecule is CN=C(NCCc1ccc(F)cc1)NCCc1ccc(OCC(N)=O)cc1.I. The fourth-order valence-electron chi connectivity index (χ4n) is 2.43. The highest BCUT2D eigenvalue weighted by Gasteiger charge is 2.01. The zero-order chi connectivity index (χ0) is 19.5. The molecule has 0 aliphatic carbocycles. The molecule has 0 bridgehead atoms. The lowest BCUT2D eigenvalue weighted by molar-refractivity contribution is -0.119. The molecule has 0 aromatic heterocycles. The van der Waals surface area contributed by atoms with Gasteiger partial charge in [0, 0.05) is 20.1 Å². The van der Waals surface area contributed by atoms with E-state index in [-0.39, 0.29) is 36.4 Å². The fourth-order valence-corrected chi connectivity index (χ4v) is 2.43. The molecule has 8 heteroatoms. The molecular formula is C20H26FIN4O2. The molecule has 1 amide bonds. The molecule has 2 aromatic carbocycles. The first-order valence-corrected chi connectivity index (χ1v) is 8.76. The average Bonchev–Trinajstić information content (AvgIpc) is 2.67. The smallest absolute Gasteiger partial charge is 0.255 e.